The lowest BCUT2D eigenvalue weighted by molar-refractivity contribution is 0.0696. The molecule has 4 N–H and O–H groups in total. The van der Waals surface area contributed by atoms with E-state index < -0.39 is 17.7 Å². The molecular formula is C14H10ClFN2O3. The maximum atomic E-state index is 13.6. The summed E-state index contributed by atoms with van der Waals surface area (Å²) in [5.74, 6) is -2.80. The van der Waals surface area contributed by atoms with Crippen molar-refractivity contribution in [2.24, 2.45) is 5.73 Å². The third kappa shape index (κ3) is 3.11. The van der Waals surface area contributed by atoms with Gasteiger partial charge in [0.2, 0.25) is 0 Å². The smallest absolute Gasteiger partial charge is 0.335 e. The fourth-order valence-electron chi connectivity index (χ4n) is 1.77. The first-order valence-corrected chi connectivity index (χ1v) is 6.16. The number of nitrogens with two attached hydrogens (primary N) is 1. The SMILES string of the molecule is NC(=O)c1c(F)cccc1Nc1ccc(C(=O)O)cc1Cl. The second-order valence-corrected chi connectivity index (χ2v) is 4.56. The van der Waals surface area contributed by atoms with E-state index in [1.165, 1.54) is 30.3 Å². The molecule has 0 atom stereocenters. The first kappa shape index (κ1) is 14.8. The highest BCUT2D eigenvalue weighted by Crippen LogP contribution is 2.29. The zero-order valence-electron chi connectivity index (χ0n) is 10.6. The summed E-state index contributed by atoms with van der Waals surface area (Å²) in [4.78, 5) is 22.1. The van der Waals surface area contributed by atoms with E-state index in [-0.39, 0.29) is 21.8 Å². The van der Waals surface area contributed by atoms with Crippen LogP contribution in [-0.4, -0.2) is 17.0 Å². The molecule has 1 amide bonds. The van der Waals surface area contributed by atoms with Crippen LogP contribution in [0.15, 0.2) is 36.4 Å². The summed E-state index contributed by atoms with van der Waals surface area (Å²) in [6.45, 7) is 0. The summed E-state index contributed by atoms with van der Waals surface area (Å²) in [6.07, 6.45) is 0. The van der Waals surface area contributed by atoms with Crippen LogP contribution in [0.25, 0.3) is 0 Å². The third-order valence-corrected chi connectivity index (χ3v) is 3.06. The lowest BCUT2D eigenvalue weighted by Crippen LogP contribution is -2.15. The molecule has 2 rings (SSSR count). The molecule has 2 aromatic carbocycles. The van der Waals surface area contributed by atoms with Gasteiger partial charge in [-0.05, 0) is 30.3 Å². The van der Waals surface area contributed by atoms with E-state index in [9.17, 15) is 14.0 Å². The number of benzene rings is 2. The molecule has 0 aliphatic rings. The maximum Gasteiger partial charge on any atom is 0.335 e. The normalized spacial score (nSPS) is 10.2. The zero-order valence-corrected chi connectivity index (χ0v) is 11.3. The van der Waals surface area contributed by atoms with Crippen molar-refractivity contribution in [3.8, 4) is 0 Å². The zero-order chi connectivity index (χ0) is 15.6. The van der Waals surface area contributed by atoms with Gasteiger partial charge in [0.05, 0.1) is 27.5 Å². The minimum Gasteiger partial charge on any atom is -0.478 e. The van der Waals surface area contributed by atoms with E-state index in [1.54, 1.807) is 0 Å². The predicted molar refractivity (Wildman–Crippen MR) is 76.6 cm³/mol. The molecule has 0 bridgehead atoms. The van der Waals surface area contributed by atoms with E-state index in [0.717, 1.165) is 6.07 Å². The number of carboxylic acid groups (broad SMARTS) is 1. The highest BCUT2D eigenvalue weighted by Gasteiger charge is 2.15. The predicted octanol–water partition coefficient (Wildman–Crippen LogP) is 3.02. The molecule has 0 aliphatic carbocycles. The number of carbonyl (C=O) groups is 2. The summed E-state index contributed by atoms with van der Waals surface area (Å²) in [7, 11) is 0. The average molecular weight is 309 g/mol. The van der Waals surface area contributed by atoms with Crippen molar-refractivity contribution in [2.45, 2.75) is 0 Å². The minimum absolute atomic E-state index is 0.0138. The summed E-state index contributed by atoms with van der Waals surface area (Å²) < 4.78 is 13.6. The Balaban J connectivity index is 2.42. The largest absolute Gasteiger partial charge is 0.478 e. The van der Waals surface area contributed by atoms with Gasteiger partial charge in [-0.3, -0.25) is 4.79 Å². The van der Waals surface area contributed by atoms with Crippen molar-refractivity contribution in [1.82, 2.24) is 0 Å². The van der Waals surface area contributed by atoms with Crippen LogP contribution >= 0.6 is 11.6 Å². The van der Waals surface area contributed by atoms with Crippen LogP contribution in [0.4, 0.5) is 15.8 Å². The van der Waals surface area contributed by atoms with E-state index >= 15 is 0 Å². The Hall–Kier alpha value is -2.60. The first-order chi connectivity index (χ1) is 9.90. The second-order valence-electron chi connectivity index (χ2n) is 4.15. The van der Waals surface area contributed by atoms with E-state index in [2.05, 4.69) is 5.32 Å². The van der Waals surface area contributed by atoms with Gasteiger partial charge in [-0.25, -0.2) is 9.18 Å². The Morgan fingerprint density at radius 2 is 1.90 bits per heavy atom. The van der Waals surface area contributed by atoms with Crippen molar-refractivity contribution in [2.75, 3.05) is 5.32 Å². The molecule has 0 unspecified atom stereocenters. The van der Waals surface area contributed by atoms with Crippen molar-refractivity contribution in [1.29, 1.82) is 0 Å². The van der Waals surface area contributed by atoms with Gasteiger partial charge in [0, 0.05) is 0 Å². The summed E-state index contributed by atoms with van der Waals surface area (Å²) in [6, 6.07) is 7.98. The molecule has 7 heteroatoms. The van der Waals surface area contributed by atoms with E-state index in [0.29, 0.717) is 5.69 Å². The second kappa shape index (κ2) is 5.80. The van der Waals surface area contributed by atoms with Crippen molar-refractivity contribution in [3.63, 3.8) is 0 Å². The van der Waals surface area contributed by atoms with Crippen LogP contribution in [-0.2, 0) is 0 Å². The highest BCUT2D eigenvalue weighted by atomic mass is 35.5. The Bertz CT molecular complexity index is 734. The molecule has 0 fully saturated rings. The van der Waals surface area contributed by atoms with Gasteiger partial charge in [0.1, 0.15) is 5.82 Å². The number of amides is 1. The monoisotopic (exact) mass is 308 g/mol. The maximum absolute atomic E-state index is 13.6. The van der Waals surface area contributed by atoms with Gasteiger partial charge in [0.15, 0.2) is 0 Å². The minimum atomic E-state index is -1.12. The topological polar surface area (TPSA) is 92.4 Å². The van der Waals surface area contributed by atoms with Crippen LogP contribution in [0.1, 0.15) is 20.7 Å². The quantitative estimate of drug-likeness (QED) is 0.809. The summed E-state index contributed by atoms with van der Waals surface area (Å²) in [5, 5.41) is 11.7. The lowest BCUT2D eigenvalue weighted by atomic mass is 10.1. The first-order valence-electron chi connectivity index (χ1n) is 5.78. The number of carbonyl (C=O) groups excluding carboxylic acids is 1. The number of hydrogen-bond donors (Lipinski definition) is 3. The van der Waals surface area contributed by atoms with Gasteiger partial charge in [-0.1, -0.05) is 17.7 Å². The van der Waals surface area contributed by atoms with Gasteiger partial charge < -0.3 is 16.2 Å². The van der Waals surface area contributed by atoms with Crippen molar-refractivity contribution < 1.29 is 19.1 Å². The summed E-state index contributed by atoms with van der Waals surface area (Å²) in [5.41, 5.74) is 5.33. The number of anilines is 2. The molecule has 0 saturated carbocycles. The number of halogens is 2. The molecule has 0 aromatic heterocycles. The Morgan fingerprint density at radius 3 is 2.48 bits per heavy atom. The van der Waals surface area contributed by atoms with Crippen molar-refractivity contribution >= 4 is 34.9 Å². The lowest BCUT2D eigenvalue weighted by Gasteiger charge is -2.12. The van der Waals surface area contributed by atoms with Crippen LogP contribution in [0.2, 0.25) is 5.02 Å². The summed E-state index contributed by atoms with van der Waals surface area (Å²) >= 11 is 5.96. The number of aromatic carboxylic acids is 1. The molecular weight excluding hydrogens is 299 g/mol. The molecule has 0 heterocycles. The van der Waals surface area contributed by atoms with Crippen LogP contribution < -0.4 is 11.1 Å². The van der Waals surface area contributed by atoms with Crippen LogP contribution in [0.5, 0.6) is 0 Å². The average Bonchev–Trinajstić information content (AvgIpc) is 2.40. The molecule has 5 nitrogen and oxygen atoms in total. The Labute approximate surface area is 124 Å². The molecule has 2 aromatic rings. The fraction of sp³-hybridized carbons (Fsp3) is 0. The van der Waals surface area contributed by atoms with Crippen LogP contribution in [0.3, 0.4) is 0 Å². The molecule has 0 radical (unpaired) electrons. The third-order valence-electron chi connectivity index (χ3n) is 2.75. The van der Waals surface area contributed by atoms with Gasteiger partial charge in [-0.15, -0.1) is 0 Å². The van der Waals surface area contributed by atoms with Crippen LogP contribution in [0, 0.1) is 5.82 Å². The van der Waals surface area contributed by atoms with E-state index in [1.807, 2.05) is 0 Å². The Morgan fingerprint density at radius 1 is 1.19 bits per heavy atom. The van der Waals surface area contributed by atoms with Gasteiger partial charge in [-0.2, -0.15) is 0 Å². The molecule has 108 valence electrons. The molecule has 21 heavy (non-hydrogen) atoms. The number of rotatable bonds is 4. The number of primary amides is 1. The fourth-order valence-corrected chi connectivity index (χ4v) is 2.00. The Kier molecular flexibility index (Phi) is 4.09. The van der Waals surface area contributed by atoms with E-state index in [4.69, 9.17) is 22.4 Å². The van der Waals surface area contributed by atoms with Crippen molar-refractivity contribution in [3.05, 3.63) is 58.4 Å². The standard InChI is InChI=1S/C14H10ClFN2O3/c15-8-6-7(14(20)21)4-5-10(8)18-11-3-1-2-9(16)12(11)13(17)19/h1-6,18H,(H2,17,19)(H,20,21). The van der Waals surface area contributed by atoms with Gasteiger partial charge in [0.25, 0.3) is 5.91 Å². The van der Waals surface area contributed by atoms with Gasteiger partial charge >= 0.3 is 5.97 Å². The molecule has 0 saturated heterocycles. The number of hydrogen-bond acceptors (Lipinski definition) is 3. The number of carboxylic acids is 1. The highest BCUT2D eigenvalue weighted by molar-refractivity contribution is 6.33. The molecule has 0 spiro atoms. The molecule has 0 aliphatic heterocycles. The number of nitrogens with one attached hydrogen (secondary N) is 1.